The Morgan fingerprint density at radius 2 is 1.40 bits per heavy atom. The molecule has 2 rings (SSSR count). The van der Waals surface area contributed by atoms with E-state index in [-0.39, 0.29) is 6.04 Å². The van der Waals surface area contributed by atoms with Gasteiger partial charge in [0.1, 0.15) is 0 Å². The highest BCUT2D eigenvalue weighted by molar-refractivity contribution is 5.32. The third-order valence-corrected chi connectivity index (χ3v) is 3.48. The Morgan fingerprint density at radius 3 is 1.85 bits per heavy atom. The van der Waals surface area contributed by atoms with E-state index in [1.165, 1.54) is 11.1 Å². The normalized spacial score (nSPS) is 12.6. The second-order valence-corrected chi connectivity index (χ2v) is 5.34. The van der Waals surface area contributed by atoms with Gasteiger partial charge in [-0.15, -0.1) is 0 Å². The highest BCUT2D eigenvalue weighted by Gasteiger charge is 2.13. The van der Waals surface area contributed by atoms with E-state index in [1.807, 2.05) is 6.92 Å². The molecule has 2 aromatic carbocycles. The molecule has 0 heterocycles. The molecule has 0 radical (unpaired) electrons. The van der Waals surface area contributed by atoms with E-state index >= 15 is 0 Å². The van der Waals surface area contributed by atoms with Gasteiger partial charge in [-0.3, -0.25) is 0 Å². The molecule has 0 fully saturated rings. The Kier molecular flexibility index (Phi) is 5.78. The third kappa shape index (κ3) is 4.48. The van der Waals surface area contributed by atoms with Crippen molar-refractivity contribution in [2.24, 2.45) is 5.73 Å². The molecule has 0 amide bonds. The van der Waals surface area contributed by atoms with Gasteiger partial charge in [0.05, 0.1) is 0 Å². The molecule has 3 N–H and O–H groups in total. The summed E-state index contributed by atoms with van der Waals surface area (Å²) in [6, 6.07) is 21.6. The third-order valence-electron chi connectivity index (χ3n) is 3.48. The maximum Gasteiger partial charge on any atom is 0.0136 e. The SMILES string of the molecule is CC(N)CNCCC(c1ccccc1)c1ccccc1. The van der Waals surface area contributed by atoms with Gasteiger partial charge in [0, 0.05) is 18.5 Å². The van der Waals surface area contributed by atoms with Crippen LogP contribution in [0.25, 0.3) is 0 Å². The minimum atomic E-state index is 0.210. The van der Waals surface area contributed by atoms with E-state index in [4.69, 9.17) is 5.73 Å². The lowest BCUT2D eigenvalue weighted by Crippen LogP contribution is -2.32. The molecule has 0 saturated heterocycles. The summed E-state index contributed by atoms with van der Waals surface area (Å²) in [5, 5.41) is 3.43. The van der Waals surface area contributed by atoms with Crippen molar-refractivity contribution in [2.45, 2.75) is 25.3 Å². The van der Waals surface area contributed by atoms with Crippen LogP contribution in [-0.4, -0.2) is 19.1 Å². The Morgan fingerprint density at radius 1 is 0.900 bits per heavy atom. The van der Waals surface area contributed by atoms with Crippen molar-refractivity contribution >= 4 is 0 Å². The van der Waals surface area contributed by atoms with Crippen molar-refractivity contribution in [1.82, 2.24) is 5.32 Å². The summed E-state index contributed by atoms with van der Waals surface area (Å²) in [7, 11) is 0. The first-order chi connectivity index (χ1) is 9.77. The van der Waals surface area contributed by atoms with Gasteiger partial charge in [0.15, 0.2) is 0 Å². The molecule has 0 aliphatic rings. The molecule has 0 aliphatic carbocycles. The van der Waals surface area contributed by atoms with Gasteiger partial charge >= 0.3 is 0 Å². The molecule has 0 bridgehead atoms. The van der Waals surface area contributed by atoms with Crippen LogP contribution in [0.3, 0.4) is 0 Å². The molecular formula is C18H24N2. The monoisotopic (exact) mass is 268 g/mol. The Labute approximate surface area is 122 Å². The van der Waals surface area contributed by atoms with Crippen molar-refractivity contribution in [3.63, 3.8) is 0 Å². The van der Waals surface area contributed by atoms with Crippen LogP contribution in [0, 0.1) is 0 Å². The number of nitrogens with one attached hydrogen (secondary N) is 1. The molecule has 0 aromatic heterocycles. The predicted molar refractivity (Wildman–Crippen MR) is 85.9 cm³/mol. The maximum absolute atomic E-state index is 5.77. The second-order valence-electron chi connectivity index (χ2n) is 5.34. The largest absolute Gasteiger partial charge is 0.327 e. The van der Waals surface area contributed by atoms with E-state index < -0.39 is 0 Å². The van der Waals surface area contributed by atoms with Crippen LogP contribution in [-0.2, 0) is 0 Å². The van der Waals surface area contributed by atoms with Gasteiger partial charge in [-0.25, -0.2) is 0 Å². The minimum absolute atomic E-state index is 0.210. The Hall–Kier alpha value is -1.64. The van der Waals surface area contributed by atoms with Crippen LogP contribution in [0.1, 0.15) is 30.4 Å². The molecule has 0 saturated carbocycles. The van der Waals surface area contributed by atoms with Crippen LogP contribution in [0.2, 0.25) is 0 Å². The zero-order valence-electron chi connectivity index (χ0n) is 12.1. The zero-order valence-corrected chi connectivity index (χ0v) is 12.1. The first-order valence-corrected chi connectivity index (χ1v) is 7.33. The number of benzene rings is 2. The summed E-state index contributed by atoms with van der Waals surface area (Å²) in [5.41, 5.74) is 8.52. The molecule has 20 heavy (non-hydrogen) atoms. The van der Waals surface area contributed by atoms with Gasteiger partial charge in [-0.05, 0) is 31.0 Å². The highest BCUT2D eigenvalue weighted by Crippen LogP contribution is 2.27. The van der Waals surface area contributed by atoms with Crippen molar-refractivity contribution in [3.05, 3.63) is 71.8 Å². The number of nitrogens with two attached hydrogens (primary N) is 1. The number of hydrogen-bond acceptors (Lipinski definition) is 2. The summed E-state index contributed by atoms with van der Waals surface area (Å²) in [4.78, 5) is 0. The lowest BCUT2D eigenvalue weighted by molar-refractivity contribution is 0.571. The van der Waals surface area contributed by atoms with Crippen molar-refractivity contribution < 1.29 is 0 Å². The lowest BCUT2D eigenvalue weighted by atomic mass is 9.88. The lowest BCUT2D eigenvalue weighted by Gasteiger charge is -2.19. The average Bonchev–Trinajstić information content (AvgIpc) is 2.49. The fourth-order valence-electron chi connectivity index (χ4n) is 2.47. The van der Waals surface area contributed by atoms with Crippen LogP contribution in [0.4, 0.5) is 0 Å². The van der Waals surface area contributed by atoms with Crippen molar-refractivity contribution in [3.8, 4) is 0 Å². The molecule has 2 nitrogen and oxygen atoms in total. The topological polar surface area (TPSA) is 38.0 Å². The van der Waals surface area contributed by atoms with Crippen molar-refractivity contribution in [2.75, 3.05) is 13.1 Å². The molecular weight excluding hydrogens is 244 g/mol. The zero-order chi connectivity index (χ0) is 14.2. The maximum atomic E-state index is 5.77. The minimum Gasteiger partial charge on any atom is -0.327 e. The van der Waals surface area contributed by atoms with E-state index in [9.17, 15) is 0 Å². The quantitative estimate of drug-likeness (QED) is 0.757. The predicted octanol–water partition coefficient (Wildman–Crippen LogP) is 3.15. The van der Waals surface area contributed by atoms with E-state index in [0.717, 1.165) is 19.5 Å². The highest BCUT2D eigenvalue weighted by atomic mass is 14.9. The average molecular weight is 268 g/mol. The van der Waals surface area contributed by atoms with Crippen LogP contribution >= 0.6 is 0 Å². The molecule has 1 unspecified atom stereocenters. The standard InChI is InChI=1S/C18H24N2/c1-15(19)14-20-13-12-18(16-8-4-2-5-9-16)17-10-6-3-7-11-17/h2-11,15,18,20H,12-14,19H2,1H3. The number of hydrogen-bond donors (Lipinski definition) is 2. The van der Waals surface area contributed by atoms with Gasteiger partial charge in [-0.2, -0.15) is 0 Å². The van der Waals surface area contributed by atoms with Crippen molar-refractivity contribution in [1.29, 1.82) is 0 Å². The summed E-state index contributed by atoms with van der Waals surface area (Å²) >= 11 is 0. The molecule has 0 spiro atoms. The molecule has 1 atom stereocenters. The van der Waals surface area contributed by atoms with Gasteiger partial charge in [-0.1, -0.05) is 60.7 Å². The summed E-state index contributed by atoms with van der Waals surface area (Å²) in [6.07, 6.45) is 1.08. The van der Waals surface area contributed by atoms with Gasteiger partial charge in [0.2, 0.25) is 0 Å². The first-order valence-electron chi connectivity index (χ1n) is 7.33. The van der Waals surface area contributed by atoms with Crippen LogP contribution in [0.5, 0.6) is 0 Å². The summed E-state index contributed by atoms with van der Waals surface area (Å²) in [6.45, 7) is 3.88. The van der Waals surface area contributed by atoms with E-state index in [0.29, 0.717) is 5.92 Å². The van der Waals surface area contributed by atoms with E-state index in [2.05, 4.69) is 66.0 Å². The van der Waals surface area contributed by atoms with E-state index in [1.54, 1.807) is 0 Å². The molecule has 0 aliphatic heterocycles. The molecule has 106 valence electrons. The first kappa shape index (κ1) is 14.8. The Bertz CT molecular complexity index is 440. The number of rotatable bonds is 7. The van der Waals surface area contributed by atoms with Crippen LogP contribution in [0.15, 0.2) is 60.7 Å². The fourth-order valence-corrected chi connectivity index (χ4v) is 2.47. The Balaban J connectivity index is 2.06. The fraction of sp³-hybridized carbons (Fsp3) is 0.333. The van der Waals surface area contributed by atoms with Gasteiger partial charge in [0.25, 0.3) is 0 Å². The summed E-state index contributed by atoms with van der Waals surface area (Å²) in [5.74, 6) is 0.443. The second kappa shape index (κ2) is 7.83. The smallest absolute Gasteiger partial charge is 0.0136 e. The van der Waals surface area contributed by atoms with Gasteiger partial charge < -0.3 is 11.1 Å². The van der Waals surface area contributed by atoms with Crippen LogP contribution < -0.4 is 11.1 Å². The summed E-state index contributed by atoms with van der Waals surface area (Å²) < 4.78 is 0. The molecule has 2 heteroatoms. The molecule has 2 aromatic rings.